The molecule has 0 aliphatic carbocycles. The molecule has 0 bridgehead atoms. The number of aromatic nitrogens is 4. The zero-order chi connectivity index (χ0) is 23.1. The molecular weight excluding hydrogens is 423 g/mol. The van der Waals surface area contributed by atoms with E-state index in [2.05, 4.69) is 15.2 Å². The molecule has 9 heteroatoms. The van der Waals surface area contributed by atoms with E-state index < -0.39 is 5.56 Å². The van der Waals surface area contributed by atoms with Gasteiger partial charge in [0.15, 0.2) is 0 Å². The van der Waals surface area contributed by atoms with Crippen LogP contribution >= 0.6 is 0 Å². The van der Waals surface area contributed by atoms with Crippen LogP contribution in [0.4, 0.5) is 4.48 Å². The molecule has 0 N–H and O–H groups in total. The van der Waals surface area contributed by atoms with Crippen molar-refractivity contribution in [2.75, 3.05) is 27.2 Å². The normalized spacial score (nSPS) is 16.1. The Morgan fingerprint density at radius 2 is 1.88 bits per heavy atom. The number of carbonyl (C=O) groups is 1. The van der Waals surface area contributed by atoms with Crippen molar-refractivity contribution in [1.29, 1.82) is 0 Å². The predicted octanol–water partition coefficient (Wildman–Crippen LogP) is 2.76. The van der Waals surface area contributed by atoms with Gasteiger partial charge >= 0.3 is 0 Å². The third-order valence-electron chi connectivity index (χ3n) is 6.19. The summed E-state index contributed by atoms with van der Waals surface area (Å²) in [6, 6.07) is 15.8. The Bertz CT molecular complexity index is 1390. The molecule has 1 amide bonds. The number of hydrogen-bond acceptors (Lipinski definition) is 5. The molecule has 2 aromatic heterocycles. The fourth-order valence-electron chi connectivity index (χ4n) is 4.20. The highest BCUT2D eigenvalue weighted by atomic mass is 19.2. The highest BCUT2D eigenvalue weighted by Gasteiger charge is 2.28. The highest BCUT2D eigenvalue weighted by Crippen LogP contribution is 2.21. The van der Waals surface area contributed by atoms with Crippen molar-refractivity contribution < 1.29 is 9.28 Å². The fraction of sp³-hybridized carbons (Fsp3) is 0.250. The Labute approximate surface area is 189 Å². The molecule has 1 atom stereocenters. The van der Waals surface area contributed by atoms with Gasteiger partial charge in [-0.3, -0.25) is 9.59 Å². The number of fused-ring (bicyclic) bond motifs is 1. The van der Waals surface area contributed by atoms with Gasteiger partial charge in [0.05, 0.1) is 23.0 Å². The summed E-state index contributed by atoms with van der Waals surface area (Å²) >= 11 is 0. The summed E-state index contributed by atoms with van der Waals surface area (Å²) in [4.78, 5) is 29.5. The Hall–Kier alpha value is -3.85. The number of benzene rings is 2. The van der Waals surface area contributed by atoms with Crippen LogP contribution in [0, 0.1) is 0 Å². The number of halogens is 1. The van der Waals surface area contributed by atoms with Gasteiger partial charge in [0.25, 0.3) is 11.5 Å². The summed E-state index contributed by atoms with van der Waals surface area (Å²) < 4.78 is 16.0. The number of para-hydroxylation sites is 1. The van der Waals surface area contributed by atoms with Crippen molar-refractivity contribution >= 4 is 16.8 Å². The van der Waals surface area contributed by atoms with E-state index in [0.717, 1.165) is 19.5 Å². The lowest BCUT2D eigenvalue weighted by Gasteiger charge is -2.20. The van der Waals surface area contributed by atoms with Crippen LogP contribution in [0.2, 0.25) is 0 Å². The van der Waals surface area contributed by atoms with E-state index in [4.69, 9.17) is 0 Å². The molecule has 1 saturated heterocycles. The number of rotatable bonds is 4. The van der Waals surface area contributed by atoms with Gasteiger partial charge in [0.2, 0.25) is 0 Å². The van der Waals surface area contributed by atoms with Crippen LogP contribution in [0.3, 0.4) is 0 Å². The average molecular weight is 446 g/mol. The SMILES string of the molecule is CN(C)C1CCN(C(=O)c2ccc(-n3cc(-c4cc5ccccc5n(F)c4=O)nn3)cc2)C1. The smallest absolute Gasteiger partial charge is 0.288 e. The molecule has 33 heavy (non-hydrogen) atoms. The molecule has 1 unspecified atom stereocenters. The first kappa shape index (κ1) is 21.0. The molecular formula is C24H23FN6O2. The van der Waals surface area contributed by atoms with Crippen LogP contribution in [0.5, 0.6) is 0 Å². The molecule has 1 fully saturated rings. The first-order valence-corrected chi connectivity index (χ1v) is 10.7. The number of likely N-dealkylation sites (N-methyl/N-ethyl adjacent to an activating group) is 1. The van der Waals surface area contributed by atoms with Gasteiger partial charge < -0.3 is 9.80 Å². The van der Waals surface area contributed by atoms with Gasteiger partial charge in [-0.15, -0.1) is 9.89 Å². The Morgan fingerprint density at radius 1 is 1.12 bits per heavy atom. The molecule has 0 radical (unpaired) electrons. The van der Waals surface area contributed by atoms with Crippen molar-refractivity contribution in [3.63, 3.8) is 0 Å². The van der Waals surface area contributed by atoms with E-state index in [-0.39, 0.29) is 27.5 Å². The third kappa shape index (κ3) is 3.80. The summed E-state index contributed by atoms with van der Waals surface area (Å²) in [6.45, 7) is 1.46. The lowest BCUT2D eigenvalue weighted by atomic mass is 10.1. The Morgan fingerprint density at radius 3 is 2.61 bits per heavy atom. The molecule has 5 rings (SSSR count). The molecule has 2 aromatic carbocycles. The maximum absolute atomic E-state index is 14.5. The average Bonchev–Trinajstić information content (AvgIpc) is 3.52. The number of nitrogens with zero attached hydrogens (tertiary/aromatic N) is 6. The lowest BCUT2D eigenvalue weighted by Crippen LogP contribution is -2.34. The summed E-state index contributed by atoms with van der Waals surface area (Å²) in [5.41, 5.74) is 1.09. The summed E-state index contributed by atoms with van der Waals surface area (Å²) in [6.07, 6.45) is 2.54. The summed E-state index contributed by atoms with van der Waals surface area (Å²) in [7, 11) is 4.06. The first-order chi connectivity index (χ1) is 15.9. The van der Waals surface area contributed by atoms with E-state index in [1.807, 2.05) is 19.0 Å². The van der Waals surface area contributed by atoms with Crippen LogP contribution in [-0.2, 0) is 0 Å². The molecule has 0 spiro atoms. The number of hydrogen-bond donors (Lipinski definition) is 0. The van der Waals surface area contributed by atoms with Crippen LogP contribution in [0.25, 0.3) is 27.8 Å². The zero-order valence-corrected chi connectivity index (χ0v) is 18.3. The number of likely N-dealkylation sites (tertiary alicyclic amines) is 1. The lowest BCUT2D eigenvalue weighted by molar-refractivity contribution is 0.0783. The van der Waals surface area contributed by atoms with Gasteiger partial charge in [-0.2, -0.15) is 0 Å². The molecule has 0 saturated carbocycles. The minimum absolute atomic E-state index is 0.00448. The van der Waals surface area contributed by atoms with Crippen molar-refractivity contribution in [1.82, 2.24) is 29.6 Å². The van der Waals surface area contributed by atoms with Gasteiger partial charge in [-0.05, 0) is 56.9 Å². The summed E-state index contributed by atoms with van der Waals surface area (Å²) in [5, 5.41) is 8.75. The molecule has 168 valence electrons. The van der Waals surface area contributed by atoms with Gasteiger partial charge in [-0.1, -0.05) is 27.9 Å². The van der Waals surface area contributed by atoms with Crippen molar-refractivity contribution in [3.05, 3.63) is 76.7 Å². The van der Waals surface area contributed by atoms with E-state index in [9.17, 15) is 14.1 Å². The van der Waals surface area contributed by atoms with Crippen molar-refractivity contribution in [2.24, 2.45) is 0 Å². The number of carbonyl (C=O) groups excluding carboxylic acids is 1. The topological polar surface area (TPSA) is 76.3 Å². The molecule has 1 aliphatic rings. The predicted molar refractivity (Wildman–Crippen MR) is 123 cm³/mol. The highest BCUT2D eigenvalue weighted by molar-refractivity contribution is 5.94. The molecule has 8 nitrogen and oxygen atoms in total. The van der Waals surface area contributed by atoms with Gasteiger partial charge in [0, 0.05) is 30.1 Å². The molecule has 3 heterocycles. The number of pyridine rings is 1. The Balaban J connectivity index is 1.39. The maximum Gasteiger partial charge on any atom is 0.288 e. The van der Waals surface area contributed by atoms with Gasteiger partial charge in [0.1, 0.15) is 5.69 Å². The monoisotopic (exact) mass is 446 g/mol. The van der Waals surface area contributed by atoms with E-state index in [0.29, 0.717) is 22.7 Å². The Kier molecular flexibility index (Phi) is 5.26. The molecule has 4 aromatic rings. The maximum atomic E-state index is 14.5. The van der Waals surface area contributed by atoms with Crippen LogP contribution in [-0.4, -0.2) is 68.7 Å². The van der Waals surface area contributed by atoms with Gasteiger partial charge in [-0.25, -0.2) is 4.68 Å². The second-order valence-corrected chi connectivity index (χ2v) is 8.46. The largest absolute Gasteiger partial charge is 0.337 e. The zero-order valence-electron chi connectivity index (χ0n) is 18.3. The summed E-state index contributed by atoms with van der Waals surface area (Å²) in [5.74, 6) is 0.00448. The van der Waals surface area contributed by atoms with Crippen LogP contribution in [0.1, 0.15) is 16.8 Å². The van der Waals surface area contributed by atoms with Crippen LogP contribution < -0.4 is 5.56 Å². The quantitative estimate of drug-likeness (QED) is 0.482. The number of amides is 1. The van der Waals surface area contributed by atoms with Crippen molar-refractivity contribution in [3.8, 4) is 16.9 Å². The van der Waals surface area contributed by atoms with E-state index in [1.165, 1.54) is 4.68 Å². The van der Waals surface area contributed by atoms with E-state index >= 15 is 0 Å². The molecule has 1 aliphatic heterocycles. The fourth-order valence-corrected chi connectivity index (χ4v) is 4.20. The second-order valence-electron chi connectivity index (χ2n) is 8.46. The third-order valence-corrected chi connectivity index (χ3v) is 6.19. The minimum Gasteiger partial charge on any atom is -0.337 e. The van der Waals surface area contributed by atoms with Crippen molar-refractivity contribution in [2.45, 2.75) is 12.5 Å². The standard InChI is InChI=1S/C24H23FN6O2/c1-28(2)19-11-12-29(14-19)23(32)16-7-9-18(10-8-16)30-15-21(26-27-30)20-13-17-5-3-4-6-22(17)31(25)24(20)33/h3-10,13,15,19H,11-12,14H2,1-2H3. The van der Waals surface area contributed by atoms with Crippen LogP contribution in [0.15, 0.2) is 65.6 Å². The second kappa shape index (κ2) is 8.25. The minimum atomic E-state index is -0.789. The van der Waals surface area contributed by atoms with E-state index in [1.54, 1.807) is 60.8 Å². The first-order valence-electron chi connectivity index (χ1n) is 10.7.